The maximum Gasteiger partial charge on any atom is 0.341 e. The predicted octanol–water partition coefficient (Wildman–Crippen LogP) is 7.57. The van der Waals surface area contributed by atoms with Gasteiger partial charge < -0.3 is 9.64 Å². The summed E-state index contributed by atoms with van der Waals surface area (Å²) in [5, 5.41) is 0.706. The maximum atomic E-state index is 14.4. The molecule has 0 atom stereocenters. The quantitative estimate of drug-likeness (QED) is 0.318. The van der Waals surface area contributed by atoms with Crippen molar-refractivity contribution in [3.63, 3.8) is 0 Å². The molecule has 7 heteroatoms. The van der Waals surface area contributed by atoms with Gasteiger partial charge in [0.2, 0.25) is 11.8 Å². The third-order valence-corrected chi connectivity index (χ3v) is 10.8. The fraction of sp³-hybridized carbons (Fsp3) is 0.618. The van der Waals surface area contributed by atoms with Crippen molar-refractivity contribution in [2.75, 3.05) is 24.6 Å². The zero-order chi connectivity index (χ0) is 28.9. The van der Waals surface area contributed by atoms with Gasteiger partial charge in [0, 0.05) is 35.8 Å². The molecule has 2 saturated carbocycles. The summed E-state index contributed by atoms with van der Waals surface area (Å²) in [6.45, 7) is 7.96. The van der Waals surface area contributed by atoms with Crippen LogP contribution in [-0.2, 0) is 14.3 Å². The molecular weight excluding hydrogens is 532 g/mol. The molecule has 41 heavy (non-hydrogen) atoms. The second-order valence-electron chi connectivity index (χ2n) is 12.6. The van der Waals surface area contributed by atoms with Crippen molar-refractivity contribution in [3.05, 3.63) is 42.0 Å². The Bertz CT molecular complexity index is 1190. The number of esters is 1. The zero-order valence-electron chi connectivity index (χ0n) is 25.0. The summed E-state index contributed by atoms with van der Waals surface area (Å²) in [4.78, 5) is 46.0. The summed E-state index contributed by atoms with van der Waals surface area (Å²) in [6, 6.07) is 11.9. The first kappa shape index (κ1) is 29.8. The van der Waals surface area contributed by atoms with Crippen LogP contribution < -0.4 is 4.90 Å². The Morgan fingerprint density at radius 1 is 0.854 bits per heavy atom. The first-order valence-electron chi connectivity index (χ1n) is 15.8. The number of amides is 2. The number of hydrogen-bond acceptors (Lipinski definition) is 5. The van der Waals surface area contributed by atoms with E-state index in [4.69, 9.17) is 4.74 Å². The number of anilines is 1. The highest BCUT2D eigenvalue weighted by atomic mass is 32.1. The van der Waals surface area contributed by atoms with Crippen LogP contribution in [0.2, 0.25) is 0 Å². The van der Waals surface area contributed by atoms with Crippen LogP contribution >= 0.6 is 11.3 Å². The lowest BCUT2D eigenvalue weighted by Gasteiger charge is -2.41. The zero-order valence-corrected chi connectivity index (χ0v) is 25.8. The number of piperidine rings is 1. The third-order valence-electron chi connectivity index (χ3n) is 9.59. The largest absolute Gasteiger partial charge is 0.462 e. The van der Waals surface area contributed by atoms with Crippen LogP contribution in [0.5, 0.6) is 0 Å². The lowest BCUT2D eigenvalue weighted by molar-refractivity contribution is -0.137. The van der Waals surface area contributed by atoms with E-state index in [0.717, 1.165) is 74.6 Å². The van der Waals surface area contributed by atoms with Crippen molar-refractivity contribution in [2.24, 2.45) is 23.7 Å². The highest BCUT2D eigenvalue weighted by Crippen LogP contribution is 2.42. The molecule has 2 aliphatic carbocycles. The van der Waals surface area contributed by atoms with Crippen LogP contribution in [0, 0.1) is 23.7 Å². The highest BCUT2D eigenvalue weighted by molar-refractivity contribution is 7.20. The molecule has 0 radical (unpaired) electrons. The van der Waals surface area contributed by atoms with E-state index in [2.05, 4.69) is 13.8 Å². The molecule has 2 amide bonds. The number of thiophene rings is 1. The molecule has 5 rings (SSSR count). The van der Waals surface area contributed by atoms with Gasteiger partial charge in [0.25, 0.3) is 0 Å². The number of ether oxygens (including phenoxy) is 1. The first-order valence-corrected chi connectivity index (χ1v) is 16.7. The van der Waals surface area contributed by atoms with Gasteiger partial charge in [-0.05, 0) is 94.6 Å². The van der Waals surface area contributed by atoms with Gasteiger partial charge in [0.1, 0.15) is 5.00 Å². The standard InChI is InChI=1S/C34H46N2O4S/c1-4-40-34(39)29-22-30(25-8-6-5-7-9-25)41-33(29)36(32(38)27-16-12-24(3)13-17-27)28-18-20-35(21-19-28)31(37)26-14-10-23(2)11-15-26/h5-9,22-24,26-28H,4,10-21H2,1-3H3/t23-,24-,26-,27-. The number of benzene rings is 1. The van der Waals surface area contributed by atoms with Gasteiger partial charge in [-0.3, -0.25) is 14.5 Å². The van der Waals surface area contributed by atoms with Crippen molar-refractivity contribution in [2.45, 2.75) is 91.0 Å². The smallest absolute Gasteiger partial charge is 0.341 e. The summed E-state index contributed by atoms with van der Waals surface area (Å²) in [6.07, 6.45) is 9.59. The Morgan fingerprint density at radius 2 is 1.44 bits per heavy atom. The minimum Gasteiger partial charge on any atom is -0.462 e. The van der Waals surface area contributed by atoms with Gasteiger partial charge >= 0.3 is 5.97 Å². The van der Waals surface area contributed by atoms with E-state index in [1.54, 1.807) is 0 Å². The van der Waals surface area contributed by atoms with E-state index in [-0.39, 0.29) is 36.4 Å². The molecule has 1 aliphatic heterocycles. The van der Waals surface area contributed by atoms with Crippen molar-refractivity contribution in [1.82, 2.24) is 4.90 Å². The summed E-state index contributed by atoms with van der Waals surface area (Å²) < 4.78 is 5.49. The van der Waals surface area contributed by atoms with Gasteiger partial charge in [-0.25, -0.2) is 4.79 Å². The second kappa shape index (κ2) is 13.5. The van der Waals surface area contributed by atoms with Crippen LogP contribution in [0.15, 0.2) is 36.4 Å². The van der Waals surface area contributed by atoms with E-state index < -0.39 is 0 Å². The second-order valence-corrected chi connectivity index (χ2v) is 13.6. The van der Waals surface area contributed by atoms with E-state index in [1.807, 2.05) is 53.1 Å². The van der Waals surface area contributed by atoms with Crippen LogP contribution in [0.25, 0.3) is 10.4 Å². The van der Waals surface area contributed by atoms with Crippen LogP contribution in [0.4, 0.5) is 5.00 Å². The lowest BCUT2D eigenvalue weighted by Crippen LogP contribution is -2.52. The highest BCUT2D eigenvalue weighted by Gasteiger charge is 2.39. The number of rotatable bonds is 7. The number of nitrogens with zero attached hydrogens (tertiary/aromatic N) is 2. The Morgan fingerprint density at radius 3 is 2.02 bits per heavy atom. The first-order chi connectivity index (χ1) is 19.9. The Kier molecular flexibility index (Phi) is 9.84. The summed E-state index contributed by atoms with van der Waals surface area (Å²) >= 11 is 1.52. The van der Waals surface area contributed by atoms with E-state index in [1.165, 1.54) is 11.3 Å². The van der Waals surface area contributed by atoms with Gasteiger partial charge in [-0.15, -0.1) is 11.3 Å². The molecule has 0 N–H and O–H groups in total. The molecule has 222 valence electrons. The number of likely N-dealkylation sites (tertiary alicyclic amines) is 1. The fourth-order valence-electron chi connectivity index (χ4n) is 6.92. The average molecular weight is 579 g/mol. The summed E-state index contributed by atoms with van der Waals surface area (Å²) in [5.74, 6) is 1.52. The van der Waals surface area contributed by atoms with Crippen molar-refractivity contribution in [3.8, 4) is 10.4 Å². The average Bonchev–Trinajstić information content (AvgIpc) is 3.44. The molecule has 6 nitrogen and oxygen atoms in total. The SMILES string of the molecule is CCOC(=O)c1cc(-c2ccccc2)sc1N(C(=O)[C@H]1CC[C@H](C)CC1)C1CCN(C(=O)[C@H]2CC[C@H](C)CC2)CC1. The number of hydrogen-bond donors (Lipinski definition) is 0. The minimum atomic E-state index is -0.380. The molecule has 1 aromatic carbocycles. The molecule has 1 aromatic heterocycles. The Labute approximate surface area is 249 Å². The predicted molar refractivity (Wildman–Crippen MR) is 165 cm³/mol. The molecule has 3 aliphatic rings. The third kappa shape index (κ3) is 6.87. The normalized spacial score (nSPS) is 25.5. The molecule has 3 fully saturated rings. The van der Waals surface area contributed by atoms with Crippen LogP contribution in [0.3, 0.4) is 0 Å². The topological polar surface area (TPSA) is 66.9 Å². The van der Waals surface area contributed by atoms with Gasteiger partial charge in [-0.2, -0.15) is 0 Å². The molecule has 0 spiro atoms. The Hall–Kier alpha value is -2.67. The van der Waals surface area contributed by atoms with Crippen molar-refractivity contribution >= 4 is 34.1 Å². The number of carbonyl (C=O) groups excluding carboxylic acids is 3. The van der Waals surface area contributed by atoms with Gasteiger partial charge in [0.15, 0.2) is 0 Å². The van der Waals surface area contributed by atoms with Gasteiger partial charge in [0.05, 0.1) is 12.2 Å². The minimum absolute atomic E-state index is 0.0348. The molecule has 1 saturated heterocycles. The van der Waals surface area contributed by atoms with Crippen molar-refractivity contribution < 1.29 is 19.1 Å². The monoisotopic (exact) mass is 578 g/mol. The van der Waals surface area contributed by atoms with Crippen molar-refractivity contribution in [1.29, 1.82) is 0 Å². The van der Waals surface area contributed by atoms with Crippen LogP contribution in [-0.4, -0.2) is 48.4 Å². The van der Waals surface area contributed by atoms with Gasteiger partial charge in [-0.1, -0.05) is 44.2 Å². The van der Waals surface area contributed by atoms with E-state index >= 15 is 0 Å². The molecule has 2 aromatic rings. The van der Waals surface area contributed by atoms with E-state index in [0.29, 0.717) is 41.4 Å². The molecular formula is C34H46N2O4S. The van der Waals surface area contributed by atoms with E-state index in [9.17, 15) is 14.4 Å². The summed E-state index contributed by atoms with van der Waals surface area (Å²) in [5.41, 5.74) is 1.50. The molecule has 0 bridgehead atoms. The lowest BCUT2D eigenvalue weighted by atomic mass is 9.81. The summed E-state index contributed by atoms with van der Waals surface area (Å²) in [7, 11) is 0. The molecule has 2 heterocycles. The fourth-order valence-corrected chi connectivity index (χ4v) is 8.15. The van der Waals surface area contributed by atoms with Crippen LogP contribution in [0.1, 0.15) is 95.3 Å². The molecule has 0 unspecified atom stereocenters. The maximum absolute atomic E-state index is 14.4. The Balaban J connectivity index is 1.43. The number of carbonyl (C=O) groups is 3.